The van der Waals surface area contributed by atoms with Crippen molar-refractivity contribution in [1.82, 2.24) is 4.90 Å². The molecule has 1 aliphatic heterocycles. The van der Waals surface area contributed by atoms with Gasteiger partial charge in [-0.05, 0) is 80.9 Å². The normalized spacial score (nSPS) is 24.4. The second-order valence-corrected chi connectivity index (χ2v) is 11.8. The van der Waals surface area contributed by atoms with Gasteiger partial charge in [-0.3, -0.25) is 9.45 Å². The second-order valence-electron chi connectivity index (χ2n) is 9.35. The highest BCUT2D eigenvalue weighted by Crippen LogP contribution is 2.54. The molecular formula is C25H27F4NO4S2. The van der Waals surface area contributed by atoms with Crippen LogP contribution in [0.1, 0.15) is 41.7 Å². The van der Waals surface area contributed by atoms with E-state index in [1.807, 2.05) is 23.5 Å². The molecule has 1 spiro atoms. The summed E-state index contributed by atoms with van der Waals surface area (Å²) in [6.07, 6.45) is 5.04. The molecule has 5 rings (SSSR count). The summed E-state index contributed by atoms with van der Waals surface area (Å²) < 4.78 is 78.9. The first-order valence-electron chi connectivity index (χ1n) is 11.4. The van der Waals surface area contributed by atoms with E-state index in [1.54, 1.807) is 12.1 Å². The molecule has 196 valence electrons. The maximum atomic E-state index is 13.5. The van der Waals surface area contributed by atoms with Crippen molar-refractivity contribution in [2.45, 2.75) is 48.8 Å². The van der Waals surface area contributed by atoms with Gasteiger partial charge in [-0.15, -0.1) is 11.3 Å². The number of nitrogens with zero attached hydrogens (tertiary/aromatic N) is 1. The highest BCUT2D eigenvalue weighted by Gasteiger charge is 2.49. The molecule has 1 aliphatic carbocycles. The molecule has 2 heterocycles. The number of fused-ring (bicyclic) bond motifs is 4. The van der Waals surface area contributed by atoms with Crippen LogP contribution in [0.3, 0.4) is 0 Å². The van der Waals surface area contributed by atoms with Crippen LogP contribution in [0.5, 0.6) is 0 Å². The average Bonchev–Trinajstić information content (AvgIpc) is 3.20. The van der Waals surface area contributed by atoms with Crippen LogP contribution < -0.4 is 0 Å². The van der Waals surface area contributed by atoms with Crippen molar-refractivity contribution in [2.24, 2.45) is 0 Å². The van der Waals surface area contributed by atoms with Crippen molar-refractivity contribution >= 4 is 31.5 Å². The number of hydrogen-bond donors (Lipinski definition) is 1. The smallest absolute Gasteiger partial charge is 0.369 e. The molecule has 0 atom stereocenters. The highest BCUT2D eigenvalue weighted by molar-refractivity contribution is 7.86. The molecule has 5 nitrogen and oxygen atoms in total. The van der Waals surface area contributed by atoms with Crippen molar-refractivity contribution < 1.29 is 35.3 Å². The van der Waals surface area contributed by atoms with Crippen molar-refractivity contribution in [2.75, 3.05) is 20.7 Å². The number of halogens is 4. The predicted octanol–water partition coefficient (Wildman–Crippen LogP) is 6.23. The Morgan fingerprint density at radius 3 is 2.14 bits per heavy atom. The van der Waals surface area contributed by atoms with Gasteiger partial charge in [-0.1, -0.05) is 30.3 Å². The number of hydrogen-bond acceptors (Lipinski definition) is 5. The Morgan fingerprint density at radius 1 is 1.00 bits per heavy atom. The lowest BCUT2D eigenvalue weighted by Crippen LogP contribution is -2.49. The van der Waals surface area contributed by atoms with Gasteiger partial charge in [-0.25, -0.2) is 4.39 Å². The van der Waals surface area contributed by atoms with Crippen LogP contribution in [0.4, 0.5) is 17.6 Å². The first kappa shape index (κ1) is 27.0. The monoisotopic (exact) mass is 545 g/mol. The summed E-state index contributed by atoms with van der Waals surface area (Å²) in [5.41, 5.74) is -3.03. The van der Waals surface area contributed by atoms with E-state index in [0.717, 1.165) is 38.7 Å². The predicted molar refractivity (Wildman–Crippen MR) is 131 cm³/mol. The average molecular weight is 546 g/mol. The molecule has 36 heavy (non-hydrogen) atoms. The molecule has 1 fully saturated rings. The Bertz CT molecular complexity index is 1330. The van der Waals surface area contributed by atoms with E-state index < -0.39 is 15.6 Å². The molecule has 0 bridgehead atoms. The van der Waals surface area contributed by atoms with Crippen LogP contribution in [-0.2, 0) is 32.4 Å². The Hall–Kier alpha value is -2.05. The molecule has 1 aromatic heterocycles. The topological polar surface area (TPSA) is 66.8 Å². The second kappa shape index (κ2) is 9.68. The van der Waals surface area contributed by atoms with E-state index in [0.29, 0.717) is 0 Å². The minimum absolute atomic E-state index is 0.0589. The van der Waals surface area contributed by atoms with E-state index in [-0.39, 0.29) is 17.0 Å². The first-order valence-corrected chi connectivity index (χ1v) is 13.7. The molecule has 0 radical (unpaired) electrons. The fourth-order valence-electron chi connectivity index (χ4n) is 5.32. The molecule has 11 heteroatoms. The first-order chi connectivity index (χ1) is 16.8. The number of thiophene rings is 1. The molecule has 3 aromatic rings. The van der Waals surface area contributed by atoms with Crippen LogP contribution in [0.25, 0.3) is 10.1 Å². The van der Waals surface area contributed by atoms with E-state index in [4.69, 9.17) is 17.7 Å². The van der Waals surface area contributed by atoms with Gasteiger partial charge in [0.2, 0.25) is 0 Å². The maximum absolute atomic E-state index is 13.5. The van der Waals surface area contributed by atoms with E-state index >= 15 is 0 Å². The van der Waals surface area contributed by atoms with E-state index in [2.05, 4.69) is 43.3 Å². The third kappa shape index (κ3) is 4.91. The summed E-state index contributed by atoms with van der Waals surface area (Å²) in [6, 6.07) is 15.9. The zero-order valence-electron chi connectivity index (χ0n) is 19.8. The van der Waals surface area contributed by atoms with Crippen molar-refractivity contribution in [3.8, 4) is 0 Å². The molecular weight excluding hydrogens is 518 g/mol. The maximum Gasteiger partial charge on any atom is 0.522 e. The van der Waals surface area contributed by atoms with Crippen molar-refractivity contribution in [1.29, 1.82) is 0 Å². The summed E-state index contributed by atoms with van der Waals surface area (Å²) in [5.74, 6) is -0.171. The van der Waals surface area contributed by atoms with Crippen molar-refractivity contribution in [3.05, 3.63) is 70.4 Å². The summed E-state index contributed by atoms with van der Waals surface area (Å²) >= 11 is 1.92. The van der Waals surface area contributed by atoms with Crippen LogP contribution in [0.2, 0.25) is 0 Å². The van der Waals surface area contributed by atoms with Crippen molar-refractivity contribution in [3.63, 3.8) is 0 Å². The summed E-state index contributed by atoms with van der Waals surface area (Å²) in [7, 11) is -1.55. The number of benzene rings is 2. The summed E-state index contributed by atoms with van der Waals surface area (Å²) in [4.78, 5) is 3.77. The third-order valence-corrected chi connectivity index (χ3v) is 9.24. The quantitative estimate of drug-likeness (QED) is 0.235. The van der Waals surface area contributed by atoms with Crippen LogP contribution >= 0.6 is 11.3 Å². The minimum Gasteiger partial charge on any atom is -0.369 e. The van der Waals surface area contributed by atoms with E-state index in [9.17, 15) is 17.6 Å². The molecule has 0 saturated heterocycles. The fourth-order valence-corrected chi connectivity index (χ4v) is 6.77. The molecule has 0 amide bonds. The van der Waals surface area contributed by atoms with Crippen LogP contribution in [0.15, 0.2) is 48.5 Å². The third-order valence-electron chi connectivity index (χ3n) is 7.26. The minimum atomic E-state index is -5.84. The summed E-state index contributed by atoms with van der Waals surface area (Å²) in [5, 5.41) is 1.41. The lowest BCUT2D eigenvalue weighted by Gasteiger charge is -2.50. The Morgan fingerprint density at radius 2 is 1.58 bits per heavy atom. The SMILES string of the molecule is CN(C)C1(c2ccc(F)cc2)CCC2(CC1)OCCc1c2sc2ccccc12.O=S(=O)(O)C(F)(F)F. The van der Waals surface area contributed by atoms with Gasteiger partial charge in [0.25, 0.3) is 0 Å². The van der Waals surface area contributed by atoms with Gasteiger partial charge in [0.15, 0.2) is 0 Å². The van der Waals surface area contributed by atoms with Gasteiger partial charge >= 0.3 is 15.6 Å². The molecule has 1 saturated carbocycles. The molecule has 2 aromatic carbocycles. The van der Waals surface area contributed by atoms with Crippen LogP contribution in [-0.4, -0.2) is 44.1 Å². The highest BCUT2D eigenvalue weighted by atomic mass is 32.2. The zero-order valence-corrected chi connectivity index (χ0v) is 21.4. The Labute approximate surface area is 211 Å². The Balaban J connectivity index is 0.000000331. The lowest BCUT2D eigenvalue weighted by atomic mass is 9.68. The number of ether oxygens (including phenoxy) is 1. The van der Waals surface area contributed by atoms with Gasteiger partial charge in [-0.2, -0.15) is 21.6 Å². The van der Waals surface area contributed by atoms with Gasteiger partial charge < -0.3 is 4.74 Å². The molecule has 1 N–H and O–H groups in total. The fraction of sp³-hybridized carbons (Fsp3) is 0.440. The number of alkyl halides is 3. The van der Waals surface area contributed by atoms with Crippen LogP contribution in [0, 0.1) is 5.82 Å². The lowest BCUT2D eigenvalue weighted by molar-refractivity contribution is -0.108. The standard InChI is InChI=1S/C24H26FNOS.CHF3O3S/c1-26(2)23(17-7-9-18(25)10-8-17)12-14-24(15-13-23)22-20(11-16-27-24)19-5-3-4-6-21(19)28-22;2-1(3,4)8(5,6)7/h3-10H,11-16H2,1-2H3;(H,5,6,7). The zero-order chi connectivity index (χ0) is 26.4. The van der Waals surface area contributed by atoms with E-state index in [1.165, 1.54) is 26.1 Å². The summed E-state index contributed by atoms with van der Waals surface area (Å²) in [6.45, 7) is 0.805. The molecule has 0 unspecified atom stereocenters. The number of rotatable bonds is 2. The van der Waals surface area contributed by atoms with Gasteiger partial charge in [0, 0.05) is 15.1 Å². The van der Waals surface area contributed by atoms with Gasteiger partial charge in [0.1, 0.15) is 11.4 Å². The largest absolute Gasteiger partial charge is 0.522 e. The Kier molecular flexibility index (Phi) is 7.26. The van der Waals surface area contributed by atoms with Gasteiger partial charge in [0.05, 0.1) is 6.61 Å². The molecule has 2 aliphatic rings.